The number of aromatic nitrogens is 2. The van der Waals surface area contributed by atoms with Crippen molar-refractivity contribution in [1.29, 1.82) is 0 Å². The summed E-state index contributed by atoms with van der Waals surface area (Å²) < 4.78 is 6.86. The van der Waals surface area contributed by atoms with E-state index in [1.165, 1.54) is 10.7 Å². The topological polar surface area (TPSA) is 84.7 Å². The third-order valence-electron chi connectivity index (χ3n) is 6.27. The van der Waals surface area contributed by atoms with Crippen molar-refractivity contribution in [3.63, 3.8) is 0 Å². The molecule has 33 heavy (non-hydrogen) atoms. The van der Waals surface area contributed by atoms with E-state index in [0.29, 0.717) is 31.1 Å². The molecular formula is C25H24N4O4. The summed E-state index contributed by atoms with van der Waals surface area (Å²) in [5, 5.41) is 4.55. The minimum Gasteiger partial charge on any atom is -0.496 e. The van der Waals surface area contributed by atoms with E-state index in [0.717, 1.165) is 11.3 Å². The molecule has 5 rings (SSSR count). The number of nitrogens with zero attached hydrogens (tertiary/aromatic N) is 4. The molecule has 3 aromatic rings. The highest BCUT2D eigenvalue weighted by Crippen LogP contribution is 2.30. The van der Waals surface area contributed by atoms with Gasteiger partial charge in [-0.1, -0.05) is 30.3 Å². The van der Waals surface area contributed by atoms with Crippen LogP contribution >= 0.6 is 0 Å². The van der Waals surface area contributed by atoms with Gasteiger partial charge in [0.1, 0.15) is 5.75 Å². The van der Waals surface area contributed by atoms with E-state index >= 15 is 0 Å². The predicted molar refractivity (Wildman–Crippen MR) is 123 cm³/mol. The SMILES string of the molecule is COc1ccccc1-c1ccc(=O)n(C2CN(C(=O)C3CC(=O)N(c4ccccc4)C3)C2)n1. The molecule has 168 valence electrons. The number of hydrogen-bond donors (Lipinski definition) is 0. The lowest BCUT2D eigenvalue weighted by Crippen LogP contribution is -2.55. The zero-order chi connectivity index (χ0) is 22.9. The van der Waals surface area contributed by atoms with Crippen LogP contribution in [0.4, 0.5) is 5.69 Å². The van der Waals surface area contributed by atoms with Crippen molar-refractivity contribution in [2.45, 2.75) is 12.5 Å². The number of carbonyl (C=O) groups is 2. The van der Waals surface area contributed by atoms with Gasteiger partial charge in [0.05, 0.1) is 24.8 Å². The molecule has 2 fully saturated rings. The molecule has 8 heteroatoms. The van der Waals surface area contributed by atoms with E-state index in [9.17, 15) is 14.4 Å². The zero-order valence-electron chi connectivity index (χ0n) is 18.3. The predicted octanol–water partition coefficient (Wildman–Crippen LogP) is 2.36. The maximum absolute atomic E-state index is 13.0. The summed E-state index contributed by atoms with van der Waals surface area (Å²) >= 11 is 0. The second kappa shape index (κ2) is 8.54. The molecule has 1 atom stereocenters. The zero-order valence-corrected chi connectivity index (χ0v) is 18.3. The van der Waals surface area contributed by atoms with Gasteiger partial charge in [0.25, 0.3) is 5.56 Å². The van der Waals surface area contributed by atoms with Gasteiger partial charge in [0.2, 0.25) is 11.8 Å². The highest BCUT2D eigenvalue weighted by atomic mass is 16.5. The monoisotopic (exact) mass is 444 g/mol. The molecule has 8 nitrogen and oxygen atoms in total. The second-order valence-corrected chi connectivity index (χ2v) is 8.34. The molecule has 2 aliphatic rings. The van der Waals surface area contributed by atoms with Crippen LogP contribution in [0.1, 0.15) is 12.5 Å². The number of likely N-dealkylation sites (tertiary alicyclic amines) is 1. The van der Waals surface area contributed by atoms with Crippen LogP contribution in [-0.4, -0.2) is 53.2 Å². The normalized spacial score (nSPS) is 18.3. The highest BCUT2D eigenvalue weighted by Gasteiger charge is 2.41. The van der Waals surface area contributed by atoms with E-state index < -0.39 is 0 Å². The maximum Gasteiger partial charge on any atom is 0.267 e. The van der Waals surface area contributed by atoms with E-state index in [2.05, 4.69) is 5.10 Å². The number of para-hydroxylation sites is 2. The molecule has 0 N–H and O–H groups in total. The minimum atomic E-state index is -0.372. The van der Waals surface area contributed by atoms with Crippen molar-refractivity contribution in [2.24, 2.45) is 5.92 Å². The lowest BCUT2D eigenvalue weighted by atomic mass is 10.0. The van der Waals surface area contributed by atoms with Gasteiger partial charge >= 0.3 is 0 Å². The van der Waals surface area contributed by atoms with Crippen molar-refractivity contribution in [3.8, 4) is 17.0 Å². The Labute approximate surface area is 191 Å². The first-order valence-corrected chi connectivity index (χ1v) is 10.9. The minimum absolute atomic E-state index is 0.0426. The van der Waals surface area contributed by atoms with Gasteiger partial charge in [-0.05, 0) is 30.3 Å². The third-order valence-corrected chi connectivity index (χ3v) is 6.27. The summed E-state index contributed by atoms with van der Waals surface area (Å²) in [7, 11) is 1.59. The molecule has 2 aromatic carbocycles. The number of amides is 2. The summed E-state index contributed by atoms with van der Waals surface area (Å²) in [5.74, 6) is 0.212. The summed E-state index contributed by atoms with van der Waals surface area (Å²) in [6, 6.07) is 19.9. The number of anilines is 1. The fourth-order valence-corrected chi connectivity index (χ4v) is 4.47. The molecule has 0 radical (unpaired) electrons. The summed E-state index contributed by atoms with van der Waals surface area (Å²) in [6.07, 6.45) is 0.205. The highest BCUT2D eigenvalue weighted by molar-refractivity contribution is 6.00. The van der Waals surface area contributed by atoms with Gasteiger partial charge < -0.3 is 14.5 Å². The van der Waals surface area contributed by atoms with E-state index in [4.69, 9.17) is 4.74 Å². The Morgan fingerprint density at radius 2 is 1.67 bits per heavy atom. The van der Waals surface area contributed by atoms with Crippen molar-refractivity contribution >= 4 is 17.5 Å². The molecule has 2 saturated heterocycles. The Morgan fingerprint density at radius 3 is 2.42 bits per heavy atom. The average molecular weight is 444 g/mol. The van der Waals surface area contributed by atoms with Crippen LogP contribution in [0, 0.1) is 5.92 Å². The smallest absolute Gasteiger partial charge is 0.267 e. The van der Waals surface area contributed by atoms with Gasteiger partial charge in [-0.15, -0.1) is 0 Å². The van der Waals surface area contributed by atoms with Crippen LogP contribution in [0.5, 0.6) is 5.75 Å². The number of rotatable bonds is 5. The third kappa shape index (κ3) is 3.88. The molecule has 0 aliphatic carbocycles. The Kier molecular flexibility index (Phi) is 5.42. The van der Waals surface area contributed by atoms with E-state index in [1.807, 2.05) is 54.6 Å². The van der Waals surface area contributed by atoms with Crippen LogP contribution in [0.2, 0.25) is 0 Å². The standard InChI is InChI=1S/C25H24N4O4/c1-33-22-10-6-5-9-20(22)21-11-12-23(30)29(26-21)19-15-27(16-19)25(32)17-13-24(31)28(14-17)18-7-3-2-4-8-18/h2-12,17,19H,13-16H2,1H3. The van der Waals surface area contributed by atoms with Gasteiger partial charge in [-0.3, -0.25) is 14.4 Å². The van der Waals surface area contributed by atoms with Gasteiger partial charge in [0, 0.05) is 43.4 Å². The quantitative estimate of drug-likeness (QED) is 0.603. The Hall–Kier alpha value is -3.94. The van der Waals surface area contributed by atoms with Gasteiger partial charge in [0.15, 0.2) is 0 Å². The lowest BCUT2D eigenvalue weighted by molar-refractivity contribution is -0.141. The first kappa shape index (κ1) is 20.9. The number of hydrogen-bond acceptors (Lipinski definition) is 5. The van der Waals surface area contributed by atoms with Gasteiger partial charge in [-0.25, -0.2) is 4.68 Å². The van der Waals surface area contributed by atoms with Crippen LogP contribution in [0.15, 0.2) is 71.5 Å². The van der Waals surface area contributed by atoms with Crippen molar-refractivity contribution in [1.82, 2.24) is 14.7 Å². The summed E-state index contributed by atoms with van der Waals surface area (Å²) in [6.45, 7) is 1.18. The Morgan fingerprint density at radius 1 is 0.939 bits per heavy atom. The van der Waals surface area contributed by atoms with Crippen LogP contribution in [0.25, 0.3) is 11.3 Å². The molecule has 1 unspecified atom stereocenters. The molecule has 1 aromatic heterocycles. The number of benzene rings is 2. The number of ether oxygens (including phenoxy) is 1. The first-order valence-electron chi connectivity index (χ1n) is 10.9. The molecular weight excluding hydrogens is 420 g/mol. The molecule has 0 bridgehead atoms. The first-order chi connectivity index (χ1) is 16.0. The van der Waals surface area contributed by atoms with Crippen molar-refractivity contribution < 1.29 is 14.3 Å². The van der Waals surface area contributed by atoms with Crippen LogP contribution in [-0.2, 0) is 9.59 Å². The van der Waals surface area contributed by atoms with Crippen LogP contribution < -0.4 is 15.2 Å². The fourth-order valence-electron chi connectivity index (χ4n) is 4.47. The maximum atomic E-state index is 13.0. The van der Waals surface area contributed by atoms with E-state index in [-0.39, 0.29) is 35.8 Å². The Bertz CT molecular complexity index is 1250. The second-order valence-electron chi connectivity index (χ2n) is 8.34. The molecule has 0 spiro atoms. The van der Waals surface area contributed by atoms with Crippen LogP contribution in [0.3, 0.4) is 0 Å². The molecule has 2 aliphatic heterocycles. The number of methoxy groups -OCH3 is 1. The Balaban J connectivity index is 1.27. The molecule has 2 amide bonds. The number of carbonyl (C=O) groups excluding carboxylic acids is 2. The summed E-state index contributed by atoms with van der Waals surface area (Å²) in [4.78, 5) is 41.3. The lowest BCUT2D eigenvalue weighted by Gasteiger charge is -2.40. The fraction of sp³-hybridized carbons (Fsp3) is 0.280. The largest absolute Gasteiger partial charge is 0.496 e. The summed E-state index contributed by atoms with van der Waals surface area (Å²) in [5.41, 5.74) is 2.03. The van der Waals surface area contributed by atoms with Gasteiger partial charge in [-0.2, -0.15) is 5.10 Å². The molecule has 0 saturated carbocycles. The van der Waals surface area contributed by atoms with Crippen molar-refractivity contribution in [2.75, 3.05) is 31.6 Å². The molecule has 3 heterocycles. The average Bonchev–Trinajstić information content (AvgIpc) is 3.21. The van der Waals surface area contributed by atoms with E-state index in [1.54, 1.807) is 23.0 Å². The van der Waals surface area contributed by atoms with Crippen molar-refractivity contribution in [3.05, 3.63) is 77.1 Å².